The molecule has 28 heavy (non-hydrogen) atoms. The van der Waals surface area contributed by atoms with Gasteiger partial charge in [-0.1, -0.05) is 45.0 Å². The molecule has 1 aromatic heterocycles. The Kier molecular flexibility index (Phi) is 5.73. The van der Waals surface area contributed by atoms with E-state index in [2.05, 4.69) is 48.5 Å². The standard InChI is InChI=1S/C23H24FN3O/c1-23(2,3)17-7-9-19(10-8-17)26-21-12-11-20(15-25-21)27-22(28)14-16-5-4-6-18(24)13-16/h4-13,15H,14H2,1-3H3,(H,25,26)(H,27,28). The molecule has 0 saturated carbocycles. The summed E-state index contributed by atoms with van der Waals surface area (Å²) >= 11 is 0. The molecular formula is C23H24FN3O. The van der Waals surface area contributed by atoms with Crippen molar-refractivity contribution >= 4 is 23.1 Å². The van der Waals surface area contributed by atoms with Crippen molar-refractivity contribution in [2.24, 2.45) is 0 Å². The molecule has 0 aliphatic rings. The van der Waals surface area contributed by atoms with Crippen LogP contribution in [0.3, 0.4) is 0 Å². The average Bonchev–Trinajstić information content (AvgIpc) is 2.63. The number of pyridine rings is 1. The van der Waals surface area contributed by atoms with E-state index in [0.717, 1.165) is 5.69 Å². The Morgan fingerprint density at radius 2 is 1.71 bits per heavy atom. The van der Waals surface area contributed by atoms with Gasteiger partial charge >= 0.3 is 0 Å². The number of amides is 1. The van der Waals surface area contributed by atoms with Gasteiger partial charge in [-0.15, -0.1) is 0 Å². The van der Waals surface area contributed by atoms with Crippen LogP contribution in [-0.2, 0) is 16.6 Å². The number of rotatable bonds is 5. The fourth-order valence-electron chi connectivity index (χ4n) is 2.78. The molecule has 2 aromatic carbocycles. The molecule has 0 aliphatic carbocycles. The van der Waals surface area contributed by atoms with Gasteiger partial charge in [-0.2, -0.15) is 0 Å². The van der Waals surface area contributed by atoms with Gasteiger partial charge in [0.05, 0.1) is 18.3 Å². The van der Waals surface area contributed by atoms with Gasteiger partial charge in [-0.3, -0.25) is 4.79 Å². The Morgan fingerprint density at radius 1 is 1.00 bits per heavy atom. The number of anilines is 3. The first-order valence-electron chi connectivity index (χ1n) is 9.17. The van der Waals surface area contributed by atoms with Crippen LogP contribution in [0.2, 0.25) is 0 Å². The highest BCUT2D eigenvalue weighted by Crippen LogP contribution is 2.24. The number of carbonyl (C=O) groups excluding carboxylic acids is 1. The second kappa shape index (κ2) is 8.21. The van der Waals surface area contributed by atoms with Crippen LogP contribution in [0.15, 0.2) is 66.9 Å². The van der Waals surface area contributed by atoms with Crippen molar-refractivity contribution < 1.29 is 9.18 Å². The van der Waals surface area contributed by atoms with E-state index in [1.807, 2.05) is 12.1 Å². The number of carbonyl (C=O) groups is 1. The maximum Gasteiger partial charge on any atom is 0.228 e. The van der Waals surface area contributed by atoms with Gasteiger partial charge in [-0.25, -0.2) is 9.37 Å². The van der Waals surface area contributed by atoms with E-state index in [4.69, 9.17) is 0 Å². The molecule has 0 radical (unpaired) electrons. The van der Waals surface area contributed by atoms with Crippen molar-refractivity contribution in [3.63, 3.8) is 0 Å². The number of benzene rings is 2. The minimum Gasteiger partial charge on any atom is -0.340 e. The van der Waals surface area contributed by atoms with Crippen LogP contribution in [0.25, 0.3) is 0 Å². The van der Waals surface area contributed by atoms with Crippen molar-refractivity contribution in [1.29, 1.82) is 0 Å². The molecule has 4 nitrogen and oxygen atoms in total. The van der Waals surface area contributed by atoms with Crippen LogP contribution in [0.5, 0.6) is 0 Å². The van der Waals surface area contributed by atoms with Crippen LogP contribution in [-0.4, -0.2) is 10.9 Å². The lowest BCUT2D eigenvalue weighted by atomic mass is 9.87. The van der Waals surface area contributed by atoms with Crippen molar-refractivity contribution in [1.82, 2.24) is 4.98 Å². The fraction of sp³-hybridized carbons (Fsp3) is 0.217. The van der Waals surface area contributed by atoms with E-state index in [9.17, 15) is 9.18 Å². The van der Waals surface area contributed by atoms with Crippen LogP contribution in [0.1, 0.15) is 31.9 Å². The maximum atomic E-state index is 13.2. The Bertz CT molecular complexity index is 945. The molecule has 0 fully saturated rings. The Labute approximate surface area is 164 Å². The largest absolute Gasteiger partial charge is 0.340 e. The second-order valence-electron chi connectivity index (χ2n) is 7.74. The van der Waals surface area contributed by atoms with E-state index in [-0.39, 0.29) is 23.6 Å². The van der Waals surface area contributed by atoms with Crippen molar-refractivity contribution in [2.75, 3.05) is 10.6 Å². The van der Waals surface area contributed by atoms with E-state index >= 15 is 0 Å². The third-order valence-electron chi connectivity index (χ3n) is 4.32. The van der Waals surface area contributed by atoms with Gasteiger partial charge in [0.15, 0.2) is 0 Å². The molecule has 5 heteroatoms. The molecule has 0 aliphatic heterocycles. The van der Waals surface area contributed by atoms with Gasteiger partial charge < -0.3 is 10.6 Å². The quantitative estimate of drug-likeness (QED) is 0.622. The number of nitrogens with zero attached hydrogens (tertiary/aromatic N) is 1. The molecule has 0 unspecified atom stereocenters. The predicted molar refractivity (Wildman–Crippen MR) is 111 cm³/mol. The van der Waals surface area contributed by atoms with Gasteiger partial charge in [-0.05, 0) is 52.9 Å². The first-order chi connectivity index (χ1) is 13.3. The lowest BCUT2D eigenvalue weighted by molar-refractivity contribution is -0.115. The summed E-state index contributed by atoms with van der Waals surface area (Å²) in [5, 5.41) is 6.02. The van der Waals surface area contributed by atoms with Gasteiger partial charge in [0.2, 0.25) is 5.91 Å². The first kappa shape index (κ1) is 19.5. The highest BCUT2D eigenvalue weighted by Gasteiger charge is 2.12. The lowest BCUT2D eigenvalue weighted by Crippen LogP contribution is -2.14. The lowest BCUT2D eigenvalue weighted by Gasteiger charge is -2.19. The maximum absolute atomic E-state index is 13.2. The molecule has 3 aromatic rings. The summed E-state index contributed by atoms with van der Waals surface area (Å²) in [5.41, 5.74) is 3.55. The average molecular weight is 377 g/mol. The van der Waals surface area contributed by atoms with Crippen LogP contribution < -0.4 is 10.6 Å². The molecule has 3 rings (SSSR count). The summed E-state index contributed by atoms with van der Waals surface area (Å²) in [6.45, 7) is 6.54. The normalized spacial score (nSPS) is 11.1. The summed E-state index contributed by atoms with van der Waals surface area (Å²) in [5.74, 6) is 0.121. The minimum absolute atomic E-state index is 0.109. The van der Waals surface area contributed by atoms with E-state index in [1.165, 1.54) is 17.7 Å². The highest BCUT2D eigenvalue weighted by molar-refractivity contribution is 5.92. The molecule has 0 saturated heterocycles. The van der Waals surface area contributed by atoms with E-state index in [0.29, 0.717) is 17.1 Å². The molecule has 0 bridgehead atoms. The number of hydrogen-bond donors (Lipinski definition) is 2. The Balaban J connectivity index is 1.58. The third-order valence-corrected chi connectivity index (χ3v) is 4.32. The summed E-state index contributed by atoms with van der Waals surface area (Å²) in [4.78, 5) is 16.4. The van der Waals surface area contributed by atoms with Crippen molar-refractivity contribution in [2.45, 2.75) is 32.6 Å². The van der Waals surface area contributed by atoms with Crippen LogP contribution in [0, 0.1) is 5.82 Å². The molecule has 144 valence electrons. The third kappa shape index (κ3) is 5.39. The molecule has 1 amide bonds. The highest BCUT2D eigenvalue weighted by atomic mass is 19.1. The zero-order chi connectivity index (χ0) is 20.1. The zero-order valence-electron chi connectivity index (χ0n) is 16.3. The fourth-order valence-corrected chi connectivity index (χ4v) is 2.78. The van der Waals surface area contributed by atoms with Gasteiger partial charge in [0.1, 0.15) is 11.6 Å². The molecule has 1 heterocycles. The zero-order valence-corrected chi connectivity index (χ0v) is 16.3. The summed E-state index contributed by atoms with van der Waals surface area (Å²) in [6, 6.07) is 17.9. The Hall–Kier alpha value is -3.21. The number of aromatic nitrogens is 1. The summed E-state index contributed by atoms with van der Waals surface area (Å²) in [6.07, 6.45) is 1.70. The molecule has 0 spiro atoms. The van der Waals surface area contributed by atoms with Gasteiger partial charge in [0, 0.05) is 5.69 Å². The van der Waals surface area contributed by atoms with E-state index in [1.54, 1.807) is 30.5 Å². The van der Waals surface area contributed by atoms with Crippen molar-refractivity contribution in [3.8, 4) is 0 Å². The number of hydrogen-bond acceptors (Lipinski definition) is 3. The van der Waals surface area contributed by atoms with E-state index < -0.39 is 0 Å². The predicted octanol–water partition coefficient (Wildman–Crippen LogP) is 5.44. The monoisotopic (exact) mass is 377 g/mol. The number of nitrogens with one attached hydrogen (secondary N) is 2. The second-order valence-corrected chi connectivity index (χ2v) is 7.74. The van der Waals surface area contributed by atoms with Crippen molar-refractivity contribution in [3.05, 3.63) is 83.8 Å². The minimum atomic E-state index is -0.349. The van der Waals surface area contributed by atoms with Crippen LogP contribution >= 0.6 is 0 Å². The summed E-state index contributed by atoms with van der Waals surface area (Å²) < 4.78 is 13.2. The molecule has 0 atom stereocenters. The Morgan fingerprint density at radius 3 is 2.32 bits per heavy atom. The molecule has 2 N–H and O–H groups in total. The topological polar surface area (TPSA) is 54.0 Å². The smallest absolute Gasteiger partial charge is 0.228 e. The molecular weight excluding hydrogens is 353 g/mol. The summed E-state index contributed by atoms with van der Waals surface area (Å²) in [7, 11) is 0. The first-order valence-corrected chi connectivity index (χ1v) is 9.17. The SMILES string of the molecule is CC(C)(C)c1ccc(Nc2ccc(NC(=O)Cc3cccc(F)c3)cn2)cc1. The van der Waals surface area contributed by atoms with Gasteiger partial charge in [0.25, 0.3) is 0 Å². The number of halogens is 1. The van der Waals surface area contributed by atoms with Crippen LogP contribution in [0.4, 0.5) is 21.6 Å².